The molecule has 2 fully saturated rings. The first-order valence-corrected chi connectivity index (χ1v) is 6.78. The van der Waals surface area contributed by atoms with E-state index in [1.165, 1.54) is 19.3 Å². The van der Waals surface area contributed by atoms with E-state index in [1.54, 1.807) is 12.3 Å². The summed E-state index contributed by atoms with van der Waals surface area (Å²) in [6.45, 7) is 2.08. The molecule has 3 rings (SSSR count). The number of nitrogen functional groups attached to an aromatic ring is 1. The van der Waals surface area contributed by atoms with Crippen LogP contribution in [-0.4, -0.2) is 23.9 Å². The van der Waals surface area contributed by atoms with Crippen molar-refractivity contribution in [3.8, 4) is 0 Å². The summed E-state index contributed by atoms with van der Waals surface area (Å²) in [4.78, 5) is 6.63. The van der Waals surface area contributed by atoms with Crippen LogP contribution in [0.5, 0.6) is 0 Å². The van der Waals surface area contributed by atoms with E-state index in [2.05, 4.69) is 9.88 Å². The Morgan fingerprint density at radius 3 is 2.67 bits per heavy atom. The molecule has 1 aliphatic carbocycles. The summed E-state index contributed by atoms with van der Waals surface area (Å²) in [5.74, 6) is 2.38. The Hall–Kier alpha value is -1.29. The molecule has 0 bridgehead atoms. The molecule has 1 aromatic heterocycles. The number of nitrogens with one attached hydrogen (secondary N) is 1. The van der Waals surface area contributed by atoms with E-state index in [9.17, 15) is 0 Å². The smallest absolute Gasteiger partial charge is 0.148 e. The Bertz CT molecular complexity index is 476. The Morgan fingerprint density at radius 2 is 2.06 bits per heavy atom. The molecule has 96 valence electrons. The number of nitrogens with two attached hydrogens (primary N) is 1. The second-order valence-electron chi connectivity index (χ2n) is 5.27. The van der Waals surface area contributed by atoms with Gasteiger partial charge in [-0.1, -0.05) is 18.0 Å². The highest BCUT2D eigenvalue weighted by Gasteiger charge is 2.37. The average Bonchev–Trinajstić information content (AvgIpc) is 2.89. The minimum atomic E-state index is 0.00282. The molecule has 1 aromatic rings. The van der Waals surface area contributed by atoms with Crippen LogP contribution in [0.25, 0.3) is 0 Å². The van der Waals surface area contributed by atoms with Gasteiger partial charge >= 0.3 is 0 Å². The Labute approximate surface area is 112 Å². The zero-order chi connectivity index (χ0) is 12.7. The third kappa shape index (κ3) is 1.85. The van der Waals surface area contributed by atoms with Gasteiger partial charge in [-0.3, -0.25) is 5.41 Å². The lowest BCUT2D eigenvalue weighted by Gasteiger charge is -2.20. The summed E-state index contributed by atoms with van der Waals surface area (Å²) < 4.78 is 0. The molecule has 0 radical (unpaired) electrons. The van der Waals surface area contributed by atoms with Gasteiger partial charge in [0, 0.05) is 24.8 Å². The molecular weight excluding hydrogens is 248 g/mol. The van der Waals surface area contributed by atoms with Crippen molar-refractivity contribution in [2.75, 3.05) is 18.0 Å². The number of fused-ring (bicyclic) bond motifs is 1. The van der Waals surface area contributed by atoms with Crippen LogP contribution in [0.1, 0.15) is 24.8 Å². The van der Waals surface area contributed by atoms with Crippen LogP contribution < -0.4 is 10.6 Å². The Kier molecular flexibility index (Phi) is 2.90. The first kappa shape index (κ1) is 11.8. The standard InChI is InChI=1S/C13H17ClN4/c14-11-10(12(15)16)4-5-17-13(11)18-6-8-2-1-3-9(8)7-18/h4-5,8-9H,1-3,6-7H2,(H3,15,16). The van der Waals surface area contributed by atoms with Crippen molar-refractivity contribution in [2.45, 2.75) is 19.3 Å². The van der Waals surface area contributed by atoms with E-state index < -0.39 is 0 Å². The fraction of sp³-hybridized carbons (Fsp3) is 0.538. The Balaban J connectivity index is 1.89. The quantitative estimate of drug-likeness (QED) is 0.636. The highest BCUT2D eigenvalue weighted by atomic mass is 35.5. The molecule has 2 aliphatic rings. The molecule has 1 saturated heterocycles. The van der Waals surface area contributed by atoms with E-state index in [-0.39, 0.29) is 5.84 Å². The van der Waals surface area contributed by atoms with Gasteiger partial charge in [0.25, 0.3) is 0 Å². The molecule has 1 aliphatic heterocycles. The van der Waals surface area contributed by atoms with Crippen LogP contribution in [0.15, 0.2) is 12.3 Å². The number of halogens is 1. The van der Waals surface area contributed by atoms with Crippen molar-refractivity contribution in [2.24, 2.45) is 17.6 Å². The molecule has 5 heteroatoms. The van der Waals surface area contributed by atoms with Crippen molar-refractivity contribution in [1.82, 2.24) is 4.98 Å². The molecule has 0 amide bonds. The third-order valence-electron chi connectivity index (χ3n) is 4.19. The topological polar surface area (TPSA) is 66.0 Å². The van der Waals surface area contributed by atoms with Gasteiger partial charge in [-0.2, -0.15) is 0 Å². The lowest BCUT2D eigenvalue weighted by Crippen LogP contribution is -2.23. The molecule has 2 atom stereocenters. The SMILES string of the molecule is N=C(N)c1ccnc(N2CC3CCCC3C2)c1Cl. The maximum Gasteiger partial charge on any atom is 0.148 e. The normalized spacial score (nSPS) is 26.4. The van der Waals surface area contributed by atoms with Crippen LogP contribution in [0.4, 0.5) is 5.82 Å². The van der Waals surface area contributed by atoms with Gasteiger partial charge in [-0.05, 0) is 30.7 Å². The first-order chi connectivity index (χ1) is 8.66. The molecule has 3 N–H and O–H groups in total. The van der Waals surface area contributed by atoms with Gasteiger partial charge in [0.05, 0.1) is 5.02 Å². The minimum Gasteiger partial charge on any atom is -0.384 e. The van der Waals surface area contributed by atoms with Crippen molar-refractivity contribution in [1.29, 1.82) is 5.41 Å². The van der Waals surface area contributed by atoms with E-state index in [1.807, 2.05) is 0 Å². The van der Waals surface area contributed by atoms with Crippen LogP contribution in [0.3, 0.4) is 0 Å². The van der Waals surface area contributed by atoms with E-state index in [4.69, 9.17) is 22.7 Å². The first-order valence-electron chi connectivity index (χ1n) is 6.40. The number of nitrogens with zero attached hydrogens (tertiary/aromatic N) is 2. The number of pyridine rings is 1. The molecule has 4 nitrogen and oxygen atoms in total. The molecule has 1 saturated carbocycles. The lowest BCUT2D eigenvalue weighted by molar-refractivity contribution is 0.494. The van der Waals surface area contributed by atoms with Crippen LogP contribution in [-0.2, 0) is 0 Å². The largest absolute Gasteiger partial charge is 0.384 e. The molecule has 0 aromatic carbocycles. The number of anilines is 1. The van der Waals surface area contributed by atoms with E-state index in [0.717, 1.165) is 30.7 Å². The maximum absolute atomic E-state index is 7.52. The average molecular weight is 265 g/mol. The molecular formula is C13H17ClN4. The predicted octanol–water partition coefficient (Wildman–Crippen LogP) is 2.26. The highest BCUT2D eigenvalue weighted by molar-refractivity contribution is 6.36. The Morgan fingerprint density at radius 1 is 1.39 bits per heavy atom. The van der Waals surface area contributed by atoms with Gasteiger partial charge in [-0.25, -0.2) is 4.98 Å². The fourth-order valence-corrected chi connectivity index (χ4v) is 3.60. The predicted molar refractivity (Wildman–Crippen MR) is 73.3 cm³/mol. The molecule has 0 spiro atoms. The van der Waals surface area contributed by atoms with E-state index >= 15 is 0 Å². The third-order valence-corrected chi connectivity index (χ3v) is 4.56. The summed E-state index contributed by atoms with van der Waals surface area (Å²) in [7, 11) is 0. The second-order valence-corrected chi connectivity index (χ2v) is 5.64. The molecule has 18 heavy (non-hydrogen) atoms. The van der Waals surface area contributed by atoms with E-state index in [0.29, 0.717) is 10.6 Å². The van der Waals surface area contributed by atoms with Crippen LogP contribution in [0.2, 0.25) is 5.02 Å². The number of aromatic nitrogens is 1. The summed E-state index contributed by atoms with van der Waals surface area (Å²) >= 11 is 6.32. The van der Waals surface area contributed by atoms with Crippen molar-refractivity contribution in [3.63, 3.8) is 0 Å². The van der Waals surface area contributed by atoms with Crippen molar-refractivity contribution in [3.05, 3.63) is 22.8 Å². The second kappa shape index (κ2) is 4.43. The zero-order valence-electron chi connectivity index (χ0n) is 10.2. The lowest BCUT2D eigenvalue weighted by atomic mass is 10.0. The van der Waals surface area contributed by atoms with Gasteiger partial charge in [0.15, 0.2) is 0 Å². The molecule has 2 unspecified atom stereocenters. The number of hydrogen-bond donors (Lipinski definition) is 2. The summed E-state index contributed by atoms with van der Waals surface area (Å²) in [6.07, 6.45) is 5.69. The number of hydrogen-bond acceptors (Lipinski definition) is 3. The number of amidine groups is 1. The van der Waals surface area contributed by atoms with Crippen LogP contribution >= 0.6 is 11.6 Å². The fourth-order valence-electron chi connectivity index (χ4n) is 3.27. The maximum atomic E-state index is 7.52. The van der Waals surface area contributed by atoms with Crippen molar-refractivity contribution >= 4 is 23.3 Å². The van der Waals surface area contributed by atoms with Gasteiger partial charge in [-0.15, -0.1) is 0 Å². The monoisotopic (exact) mass is 264 g/mol. The summed E-state index contributed by atoms with van der Waals surface area (Å²) in [5, 5.41) is 8.04. The number of rotatable bonds is 2. The summed E-state index contributed by atoms with van der Waals surface area (Å²) in [6, 6.07) is 1.70. The molecule has 2 heterocycles. The summed E-state index contributed by atoms with van der Waals surface area (Å²) in [5.41, 5.74) is 6.11. The van der Waals surface area contributed by atoms with Crippen molar-refractivity contribution < 1.29 is 0 Å². The van der Waals surface area contributed by atoms with Gasteiger partial charge in [0.2, 0.25) is 0 Å². The van der Waals surface area contributed by atoms with Gasteiger partial charge in [0.1, 0.15) is 11.7 Å². The van der Waals surface area contributed by atoms with Gasteiger partial charge < -0.3 is 10.6 Å². The zero-order valence-corrected chi connectivity index (χ0v) is 11.0. The minimum absolute atomic E-state index is 0.00282. The highest BCUT2D eigenvalue weighted by Crippen LogP contribution is 2.40. The van der Waals surface area contributed by atoms with Crippen LogP contribution in [0, 0.1) is 17.2 Å².